The third-order valence-electron chi connectivity index (χ3n) is 1.97. The van der Waals surface area contributed by atoms with Crippen molar-refractivity contribution in [2.75, 3.05) is 7.11 Å². The van der Waals surface area contributed by atoms with Crippen LogP contribution in [-0.2, 0) is 4.79 Å². The summed E-state index contributed by atoms with van der Waals surface area (Å²) in [5, 5.41) is 12.0. The lowest BCUT2D eigenvalue weighted by molar-refractivity contribution is -0.129. The molecule has 0 aliphatic heterocycles. The molecule has 0 atom stereocenters. The predicted molar refractivity (Wildman–Crippen MR) is 61.2 cm³/mol. The highest BCUT2D eigenvalue weighted by molar-refractivity contribution is 6.34. The Morgan fingerprint density at radius 2 is 2.12 bits per heavy atom. The molecule has 0 saturated heterocycles. The largest absolute Gasteiger partial charge is 0.497 e. The van der Waals surface area contributed by atoms with Gasteiger partial charge in [0.25, 0.3) is 5.91 Å². The summed E-state index contributed by atoms with van der Waals surface area (Å²) in [4.78, 5) is 22.0. The van der Waals surface area contributed by atoms with Crippen molar-refractivity contribution in [1.29, 1.82) is 0 Å². The van der Waals surface area contributed by atoms with E-state index in [-0.39, 0.29) is 5.71 Å². The standard InChI is InChI=1S/C11H12N2O4/c1-7(11(15)16)12-13-10(14)8-4-3-5-9(6-8)17-2/h3-6H,1-2H3,(H,13,14)(H,15,16). The second kappa shape index (κ2) is 5.64. The minimum absolute atomic E-state index is 0.193. The van der Waals surface area contributed by atoms with Crippen molar-refractivity contribution in [2.45, 2.75) is 6.92 Å². The summed E-state index contributed by atoms with van der Waals surface area (Å²) in [6, 6.07) is 6.45. The first-order valence-electron chi connectivity index (χ1n) is 4.76. The summed E-state index contributed by atoms with van der Waals surface area (Å²) in [5.74, 6) is -1.14. The fourth-order valence-corrected chi connectivity index (χ4v) is 1.01. The number of hydrogen-bond acceptors (Lipinski definition) is 4. The van der Waals surface area contributed by atoms with Gasteiger partial charge in [-0.15, -0.1) is 0 Å². The lowest BCUT2D eigenvalue weighted by Gasteiger charge is -2.03. The Morgan fingerprint density at radius 1 is 1.41 bits per heavy atom. The van der Waals surface area contributed by atoms with Crippen LogP contribution in [0.4, 0.5) is 0 Å². The van der Waals surface area contributed by atoms with E-state index in [0.29, 0.717) is 11.3 Å². The molecule has 0 aromatic heterocycles. The molecule has 1 aromatic carbocycles. The number of carbonyl (C=O) groups excluding carboxylic acids is 1. The van der Waals surface area contributed by atoms with E-state index in [9.17, 15) is 9.59 Å². The second-order valence-electron chi connectivity index (χ2n) is 3.18. The van der Waals surface area contributed by atoms with Gasteiger partial charge in [0.15, 0.2) is 0 Å². The Bertz CT molecular complexity index is 468. The van der Waals surface area contributed by atoms with Gasteiger partial charge in [-0.1, -0.05) is 6.07 Å². The van der Waals surface area contributed by atoms with Gasteiger partial charge >= 0.3 is 5.97 Å². The van der Waals surface area contributed by atoms with Crippen molar-refractivity contribution in [1.82, 2.24) is 5.43 Å². The number of carbonyl (C=O) groups is 2. The number of nitrogens with zero attached hydrogens (tertiary/aromatic N) is 1. The number of hydrazone groups is 1. The highest BCUT2D eigenvalue weighted by Crippen LogP contribution is 2.12. The van der Waals surface area contributed by atoms with Gasteiger partial charge < -0.3 is 9.84 Å². The fourth-order valence-electron chi connectivity index (χ4n) is 1.01. The molecule has 1 rings (SSSR count). The van der Waals surface area contributed by atoms with E-state index in [4.69, 9.17) is 9.84 Å². The zero-order valence-corrected chi connectivity index (χ0v) is 9.43. The number of hydrogen-bond donors (Lipinski definition) is 2. The Balaban J connectivity index is 2.76. The summed E-state index contributed by atoms with van der Waals surface area (Å²) < 4.78 is 4.96. The van der Waals surface area contributed by atoms with E-state index >= 15 is 0 Å². The van der Waals surface area contributed by atoms with Gasteiger partial charge in [-0.3, -0.25) is 4.79 Å². The van der Waals surface area contributed by atoms with Crippen LogP contribution in [0.3, 0.4) is 0 Å². The Hall–Kier alpha value is -2.37. The van der Waals surface area contributed by atoms with Crippen LogP contribution in [0.2, 0.25) is 0 Å². The molecule has 90 valence electrons. The number of ether oxygens (including phenoxy) is 1. The molecule has 0 radical (unpaired) electrons. The number of aliphatic carboxylic acids is 1. The first-order chi connectivity index (χ1) is 8.04. The zero-order valence-electron chi connectivity index (χ0n) is 9.43. The molecule has 6 nitrogen and oxygen atoms in total. The Morgan fingerprint density at radius 3 is 2.71 bits per heavy atom. The molecule has 0 fully saturated rings. The number of rotatable bonds is 4. The summed E-state index contributed by atoms with van der Waals surface area (Å²) in [5.41, 5.74) is 2.29. The smallest absolute Gasteiger partial charge is 0.351 e. The van der Waals surface area contributed by atoms with Gasteiger partial charge in [0, 0.05) is 5.56 Å². The van der Waals surface area contributed by atoms with Crippen molar-refractivity contribution in [3.05, 3.63) is 29.8 Å². The average Bonchev–Trinajstić information content (AvgIpc) is 2.35. The number of carboxylic acids is 1. The average molecular weight is 236 g/mol. The van der Waals surface area contributed by atoms with Crippen molar-refractivity contribution in [3.8, 4) is 5.75 Å². The van der Waals surface area contributed by atoms with Gasteiger partial charge in [0.05, 0.1) is 7.11 Å². The monoisotopic (exact) mass is 236 g/mol. The van der Waals surface area contributed by atoms with Crippen LogP contribution in [-0.4, -0.2) is 29.8 Å². The third kappa shape index (κ3) is 3.60. The minimum Gasteiger partial charge on any atom is -0.497 e. The van der Waals surface area contributed by atoms with Gasteiger partial charge in [0.1, 0.15) is 11.5 Å². The van der Waals surface area contributed by atoms with Crippen LogP contribution in [0.25, 0.3) is 0 Å². The molecule has 2 N–H and O–H groups in total. The maximum atomic E-state index is 11.6. The maximum Gasteiger partial charge on any atom is 0.351 e. The van der Waals surface area contributed by atoms with Crippen LogP contribution >= 0.6 is 0 Å². The molecule has 0 aliphatic carbocycles. The Labute approximate surface area is 97.9 Å². The van der Waals surface area contributed by atoms with Crippen LogP contribution in [0.15, 0.2) is 29.4 Å². The van der Waals surface area contributed by atoms with E-state index in [1.165, 1.54) is 20.1 Å². The molecule has 0 bridgehead atoms. The molecule has 0 unspecified atom stereocenters. The topological polar surface area (TPSA) is 88.0 Å². The predicted octanol–water partition coefficient (Wildman–Crippen LogP) is 0.885. The first kappa shape index (κ1) is 12.7. The summed E-state index contributed by atoms with van der Waals surface area (Å²) in [6.07, 6.45) is 0. The molecule has 0 heterocycles. The number of amides is 1. The molecule has 0 saturated carbocycles. The van der Waals surface area contributed by atoms with E-state index < -0.39 is 11.9 Å². The number of carboxylic acid groups (broad SMARTS) is 1. The van der Waals surface area contributed by atoms with Crippen molar-refractivity contribution < 1.29 is 19.4 Å². The lowest BCUT2D eigenvalue weighted by atomic mass is 10.2. The van der Waals surface area contributed by atoms with Crippen LogP contribution in [0.5, 0.6) is 5.75 Å². The summed E-state index contributed by atoms with van der Waals surface area (Å²) in [7, 11) is 1.49. The van der Waals surface area contributed by atoms with Crippen molar-refractivity contribution >= 4 is 17.6 Å². The fraction of sp³-hybridized carbons (Fsp3) is 0.182. The minimum atomic E-state index is -1.18. The SMILES string of the molecule is COc1cccc(C(=O)NN=C(C)C(=O)O)c1. The molecule has 17 heavy (non-hydrogen) atoms. The quantitative estimate of drug-likeness (QED) is 0.600. The van der Waals surface area contributed by atoms with Crippen LogP contribution in [0.1, 0.15) is 17.3 Å². The molecule has 1 amide bonds. The number of methoxy groups -OCH3 is 1. The van der Waals surface area contributed by atoms with Gasteiger partial charge in [-0.2, -0.15) is 5.10 Å². The maximum absolute atomic E-state index is 11.6. The zero-order chi connectivity index (χ0) is 12.8. The highest BCUT2D eigenvalue weighted by Gasteiger charge is 2.07. The molecule has 0 spiro atoms. The molecule has 6 heteroatoms. The van der Waals surface area contributed by atoms with Gasteiger partial charge in [-0.05, 0) is 25.1 Å². The van der Waals surface area contributed by atoms with E-state index in [0.717, 1.165) is 0 Å². The molecule has 1 aromatic rings. The number of nitrogens with one attached hydrogen (secondary N) is 1. The van der Waals surface area contributed by atoms with E-state index in [2.05, 4.69) is 10.5 Å². The summed E-state index contributed by atoms with van der Waals surface area (Å²) in [6.45, 7) is 1.29. The van der Waals surface area contributed by atoms with Crippen molar-refractivity contribution in [3.63, 3.8) is 0 Å². The molecular formula is C11H12N2O4. The molecule has 0 aliphatic rings. The third-order valence-corrected chi connectivity index (χ3v) is 1.97. The van der Waals surface area contributed by atoms with E-state index in [1.807, 2.05) is 0 Å². The van der Waals surface area contributed by atoms with Crippen molar-refractivity contribution in [2.24, 2.45) is 5.10 Å². The normalized spacial score (nSPS) is 10.8. The first-order valence-corrected chi connectivity index (χ1v) is 4.76. The molecular weight excluding hydrogens is 224 g/mol. The number of benzene rings is 1. The second-order valence-corrected chi connectivity index (χ2v) is 3.18. The summed E-state index contributed by atoms with van der Waals surface area (Å²) >= 11 is 0. The van der Waals surface area contributed by atoms with Crippen LogP contribution in [0, 0.1) is 0 Å². The van der Waals surface area contributed by atoms with Crippen LogP contribution < -0.4 is 10.2 Å². The van der Waals surface area contributed by atoms with Gasteiger partial charge in [-0.25, -0.2) is 10.2 Å². The Kier molecular flexibility index (Phi) is 4.21. The highest BCUT2D eigenvalue weighted by atomic mass is 16.5. The van der Waals surface area contributed by atoms with E-state index in [1.54, 1.807) is 18.2 Å². The lowest BCUT2D eigenvalue weighted by Crippen LogP contribution is -2.21. The van der Waals surface area contributed by atoms with Gasteiger partial charge in [0.2, 0.25) is 0 Å².